The van der Waals surface area contributed by atoms with Crippen molar-refractivity contribution in [2.45, 2.75) is 26.3 Å². The van der Waals surface area contributed by atoms with Gasteiger partial charge in [0.1, 0.15) is 5.75 Å². The molecule has 0 saturated carbocycles. The maximum atomic E-state index is 13.1. The van der Waals surface area contributed by atoms with Crippen LogP contribution in [0.5, 0.6) is 5.75 Å². The number of amides is 1. The van der Waals surface area contributed by atoms with E-state index in [1.165, 1.54) is 0 Å². The van der Waals surface area contributed by atoms with Gasteiger partial charge in [0.15, 0.2) is 0 Å². The predicted molar refractivity (Wildman–Crippen MR) is 101 cm³/mol. The lowest BCUT2D eigenvalue weighted by atomic mass is 9.96. The van der Waals surface area contributed by atoms with E-state index >= 15 is 0 Å². The number of aromatic nitrogens is 2. The average molecular weight is 354 g/mol. The first kappa shape index (κ1) is 18.2. The van der Waals surface area contributed by atoms with Gasteiger partial charge >= 0.3 is 0 Å². The number of rotatable bonds is 6. The van der Waals surface area contributed by atoms with Gasteiger partial charge in [-0.3, -0.25) is 4.79 Å². The predicted octanol–water partition coefficient (Wildman–Crippen LogP) is 2.75. The molecule has 0 aliphatic carbocycles. The first-order valence-electron chi connectivity index (χ1n) is 9.15. The Morgan fingerprint density at radius 1 is 1.27 bits per heavy atom. The van der Waals surface area contributed by atoms with E-state index in [9.17, 15) is 4.79 Å². The molecule has 1 aromatic heterocycles. The molecule has 1 aliphatic heterocycles. The number of hydrogen-bond donors (Lipinski definition) is 0. The largest absolute Gasteiger partial charge is 0.497 e. The minimum Gasteiger partial charge on any atom is -0.497 e. The van der Waals surface area contributed by atoms with Crippen LogP contribution < -0.4 is 9.64 Å². The molecule has 1 aromatic carbocycles. The third-order valence-corrected chi connectivity index (χ3v) is 4.83. The number of benzene rings is 1. The van der Waals surface area contributed by atoms with E-state index in [1.807, 2.05) is 42.2 Å². The normalized spacial score (nSPS) is 17.0. The summed E-state index contributed by atoms with van der Waals surface area (Å²) in [5.74, 6) is 1.74. The Balaban J connectivity index is 1.65. The highest BCUT2D eigenvalue weighted by Gasteiger charge is 2.29. The van der Waals surface area contributed by atoms with E-state index in [4.69, 9.17) is 4.74 Å². The molecule has 26 heavy (non-hydrogen) atoms. The number of ether oxygens (including phenoxy) is 1. The Kier molecular flexibility index (Phi) is 6.04. The highest BCUT2D eigenvalue weighted by atomic mass is 16.5. The molecule has 0 radical (unpaired) electrons. The van der Waals surface area contributed by atoms with Gasteiger partial charge < -0.3 is 14.5 Å². The van der Waals surface area contributed by atoms with Crippen LogP contribution in [0.1, 0.15) is 25.3 Å². The molecule has 2 heterocycles. The summed E-state index contributed by atoms with van der Waals surface area (Å²) >= 11 is 0. The Morgan fingerprint density at radius 3 is 2.65 bits per heavy atom. The monoisotopic (exact) mass is 354 g/mol. The molecule has 0 bridgehead atoms. The van der Waals surface area contributed by atoms with Crippen LogP contribution in [0.3, 0.4) is 0 Å². The van der Waals surface area contributed by atoms with Crippen molar-refractivity contribution in [3.05, 3.63) is 48.3 Å². The molecular weight excluding hydrogens is 328 g/mol. The van der Waals surface area contributed by atoms with Gasteiger partial charge in [0.25, 0.3) is 0 Å². The number of piperidine rings is 1. The fraction of sp³-hybridized carbons (Fsp3) is 0.450. The smallest absolute Gasteiger partial charge is 0.227 e. The molecule has 1 atom stereocenters. The summed E-state index contributed by atoms with van der Waals surface area (Å²) in [6, 6.07) is 9.70. The maximum absolute atomic E-state index is 13.1. The second kappa shape index (κ2) is 8.65. The third kappa shape index (κ3) is 4.31. The van der Waals surface area contributed by atoms with E-state index in [0.29, 0.717) is 25.6 Å². The fourth-order valence-corrected chi connectivity index (χ4v) is 3.37. The number of methoxy groups -OCH3 is 1. The van der Waals surface area contributed by atoms with Gasteiger partial charge in [-0.25, -0.2) is 9.97 Å². The summed E-state index contributed by atoms with van der Waals surface area (Å²) < 4.78 is 5.20. The number of nitrogens with zero attached hydrogens (tertiary/aromatic N) is 4. The highest BCUT2D eigenvalue weighted by Crippen LogP contribution is 2.23. The standard InChI is InChI=1S/C20H26N4O2/c1-3-23(14-16-7-9-18(26-2)10-8-16)19(25)17-6-4-13-24(15-17)20-21-11-5-12-22-20/h5,7-12,17H,3-4,6,13-15H2,1-2H3. The van der Waals surface area contributed by atoms with Crippen LogP contribution in [0.4, 0.5) is 5.95 Å². The van der Waals surface area contributed by atoms with Crippen molar-refractivity contribution in [3.63, 3.8) is 0 Å². The molecular formula is C20H26N4O2. The molecule has 138 valence electrons. The second-order valence-electron chi connectivity index (χ2n) is 6.53. The molecule has 1 saturated heterocycles. The lowest BCUT2D eigenvalue weighted by Crippen LogP contribution is -2.45. The molecule has 0 spiro atoms. The van der Waals surface area contributed by atoms with Gasteiger partial charge in [-0.1, -0.05) is 12.1 Å². The lowest BCUT2D eigenvalue weighted by Gasteiger charge is -2.34. The summed E-state index contributed by atoms with van der Waals surface area (Å²) in [5.41, 5.74) is 1.11. The molecule has 1 amide bonds. The van der Waals surface area contributed by atoms with E-state index in [0.717, 1.165) is 30.7 Å². The Hall–Kier alpha value is -2.63. The average Bonchev–Trinajstić information content (AvgIpc) is 2.72. The molecule has 2 aromatic rings. The zero-order valence-electron chi connectivity index (χ0n) is 15.5. The third-order valence-electron chi connectivity index (χ3n) is 4.83. The van der Waals surface area contributed by atoms with Gasteiger partial charge in [-0.2, -0.15) is 0 Å². The highest BCUT2D eigenvalue weighted by molar-refractivity contribution is 5.79. The van der Waals surface area contributed by atoms with Crippen LogP contribution in [0, 0.1) is 5.92 Å². The number of anilines is 1. The molecule has 1 aliphatic rings. The molecule has 0 N–H and O–H groups in total. The van der Waals surface area contributed by atoms with E-state index in [1.54, 1.807) is 19.5 Å². The number of carbonyl (C=O) groups excluding carboxylic acids is 1. The quantitative estimate of drug-likeness (QED) is 0.798. The van der Waals surface area contributed by atoms with Crippen molar-refractivity contribution in [2.75, 3.05) is 31.6 Å². The summed E-state index contributed by atoms with van der Waals surface area (Å²) in [6.45, 7) is 4.93. The fourth-order valence-electron chi connectivity index (χ4n) is 3.37. The number of carbonyl (C=O) groups is 1. The van der Waals surface area contributed by atoms with E-state index < -0.39 is 0 Å². The van der Waals surface area contributed by atoms with Crippen LogP contribution in [-0.4, -0.2) is 47.5 Å². The van der Waals surface area contributed by atoms with Crippen molar-refractivity contribution in [1.82, 2.24) is 14.9 Å². The first-order chi connectivity index (χ1) is 12.7. The topological polar surface area (TPSA) is 58.6 Å². The number of hydrogen-bond acceptors (Lipinski definition) is 5. The van der Waals surface area contributed by atoms with Crippen molar-refractivity contribution < 1.29 is 9.53 Å². The van der Waals surface area contributed by atoms with Gasteiger partial charge in [0.05, 0.1) is 13.0 Å². The van der Waals surface area contributed by atoms with Gasteiger partial charge in [-0.15, -0.1) is 0 Å². The minimum atomic E-state index is -0.00856. The second-order valence-corrected chi connectivity index (χ2v) is 6.53. The molecule has 6 heteroatoms. The van der Waals surface area contributed by atoms with Crippen LogP contribution in [0.15, 0.2) is 42.7 Å². The summed E-state index contributed by atoms with van der Waals surface area (Å²) in [6.07, 6.45) is 5.39. The SMILES string of the molecule is CCN(Cc1ccc(OC)cc1)C(=O)C1CCCN(c2ncccn2)C1. The summed E-state index contributed by atoms with van der Waals surface area (Å²) in [5, 5.41) is 0. The molecule has 1 fully saturated rings. The Labute approximate surface area is 154 Å². The molecule has 6 nitrogen and oxygen atoms in total. The Morgan fingerprint density at radius 2 is 2.00 bits per heavy atom. The van der Waals surface area contributed by atoms with Gasteiger partial charge in [-0.05, 0) is 43.5 Å². The summed E-state index contributed by atoms with van der Waals surface area (Å²) in [4.78, 5) is 25.8. The maximum Gasteiger partial charge on any atom is 0.227 e. The Bertz CT molecular complexity index is 706. The van der Waals surface area contributed by atoms with Crippen molar-refractivity contribution in [3.8, 4) is 5.75 Å². The zero-order valence-corrected chi connectivity index (χ0v) is 15.5. The van der Waals surface area contributed by atoms with Crippen molar-refractivity contribution in [2.24, 2.45) is 5.92 Å². The van der Waals surface area contributed by atoms with Crippen molar-refractivity contribution >= 4 is 11.9 Å². The van der Waals surface area contributed by atoms with Gasteiger partial charge in [0.2, 0.25) is 11.9 Å². The van der Waals surface area contributed by atoms with Crippen LogP contribution in [-0.2, 0) is 11.3 Å². The molecule has 3 rings (SSSR count). The van der Waals surface area contributed by atoms with Crippen LogP contribution >= 0.6 is 0 Å². The summed E-state index contributed by atoms with van der Waals surface area (Å²) in [7, 11) is 1.65. The van der Waals surface area contributed by atoms with E-state index in [-0.39, 0.29) is 11.8 Å². The van der Waals surface area contributed by atoms with E-state index in [2.05, 4.69) is 14.9 Å². The van der Waals surface area contributed by atoms with Gasteiger partial charge in [0, 0.05) is 38.6 Å². The minimum absolute atomic E-state index is 0.00856. The molecule has 1 unspecified atom stereocenters. The first-order valence-corrected chi connectivity index (χ1v) is 9.15. The van der Waals surface area contributed by atoms with Crippen molar-refractivity contribution in [1.29, 1.82) is 0 Å². The lowest BCUT2D eigenvalue weighted by molar-refractivity contribution is -0.136. The zero-order chi connectivity index (χ0) is 18.4. The van der Waals surface area contributed by atoms with Crippen LogP contribution in [0.2, 0.25) is 0 Å². The van der Waals surface area contributed by atoms with Crippen LogP contribution in [0.25, 0.3) is 0 Å².